The van der Waals surface area contributed by atoms with Crippen molar-refractivity contribution in [1.29, 1.82) is 0 Å². The van der Waals surface area contributed by atoms with Crippen molar-refractivity contribution in [3.05, 3.63) is 57.5 Å². The Kier molecular flexibility index (Phi) is 4.98. The number of carbonyl (C=O) groups excluding carboxylic acids is 2. The second kappa shape index (κ2) is 6.74. The van der Waals surface area contributed by atoms with Crippen molar-refractivity contribution in [2.45, 2.75) is 6.92 Å². The third-order valence-electron chi connectivity index (χ3n) is 2.56. The van der Waals surface area contributed by atoms with Gasteiger partial charge in [-0.1, -0.05) is 11.6 Å². The molecule has 0 radical (unpaired) electrons. The molecule has 0 bridgehead atoms. The summed E-state index contributed by atoms with van der Waals surface area (Å²) in [5.74, 6) is -0.287. The number of amides is 1. The van der Waals surface area contributed by atoms with Crippen molar-refractivity contribution >= 4 is 45.1 Å². The molecule has 0 fully saturated rings. The van der Waals surface area contributed by atoms with Crippen LogP contribution in [-0.4, -0.2) is 11.9 Å². The van der Waals surface area contributed by atoms with Gasteiger partial charge in [0.05, 0.1) is 5.02 Å². The number of ether oxygens (including phenoxy) is 1. The summed E-state index contributed by atoms with van der Waals surface area (Å²) < 4.78 is 5.66. The molecule has 0 atom stereocenters. The highest BCUT2D eigenvalue weighted by Gasteiger charge is 2.08. The predicted octanol–water partition coefficient (Wildman–Crippen LogP) is 4.28. The average Bonchev–Trinajstić information content (AvgIpc) is 2.43. The number of halogens is 2. The average molecular weight is 369 g/mol. The second-order valence-corrected chi connectivity index (χ2v) is 5.46. The molecule has 2 rings (SSSR count). The fourth-order valence-electron chi connectivity index (χ4n) is 1.62. The van der Waals surface area contributed by atoms with Gasteiger partial charge in [-0.25, -0.2) is 0 Å². The van der Waals surface area contributed by atoms with Crippen LogP contribution < -0.4 is 10.1 Å². The van der Waals surface area contributed by atoms with Gasteiger partial charge in [-0.05, 0) is 58.4 Å². The SMILES string of the molecule is CC(=O)Oc1ccc(C(=O)Nc2ccc(Br)c(Cl)c2)cc1. The van der Waals surface area contributed by atoms with Crippen LogP contribution in [0.4, 0.5) is 5.69 Å². The van der Waals surface area contributed by atoms with Gasteiger partial charge < -0.3 is 10.1 Å². The Balaban J connectivity index is 2.09. The summed E-state index contributed by atoms with van der Waals surface area (Å²) in [4.78, 5) is 22.9. The number of esters is 1. The van der Waals surface area contributed by atoms with E-state index in [0.717, 1.165) is 4.47 Å². The van der Waals surface area contributed by atoms with E-state index in [4.69, 9.17) is 16.3 Å². The van der Waals surface area contributed by atoms with Crippen LogP contribution in [0.2, 0.25) is 5.02 Å². The van der Waals surface area contributed by atoms with Crippen molar-refractivity contribution in [3.8, 4) is 5.75 Å². The molecule has 0 heterocycles. The maximum absolute atomic E-state index is 12.1. The van der Waals surface area contributed by atoms with Gasteiger partial charge in [-0.2, -0.15) is 0 Å². The van der Waals surface area contributed by atoms with Gasteiger partial charge >= 0.3 is 5.97 Å². The lowest BCUT2D eigenvalue weighted by molar-refractivity contribution is -0.131. The van der Waals surface area contributed by atoms with E-state index >= 15 is 0 Å². The van der Waals surface area contributed by atoms with Crippen molar-refractivity contribution in [2.75, 3.05) is 5.32 Å². The third kappa shape index (κ3) is 4.31. The molecule has 21 heavy (non-hydrogen) atoms. The molecule has 0 saturated heterocycles. The molecular formula is C15H11BrClNO3. The summed E-state index contributed by atoms with van der Waals surface area (Å²) in [6.07, 6.45) is 0. The van der Waals surface area contributed by atoms with Gasteiger partial charge in [0.15, 0.2) is 0 Å². The number of hydrogen-bond acceptors (Lipinski definition) is 3. The fraction of sp³-hybridized carbons (Fsp3) is 0.0667. The quantitative estimate of drug-likeness (QED) is 0.650. The minimum atomic E-state index is -0.406. The largest absolute Gasteiger partial charge is 0.427 e. The Morgan fingerprint density at radius 1 is 1.14 bits per heavy atom. The van der Waals surface area contributed by atoms with Crippen LogP contribution in [0.1, 0.15) is 17.3 Å². The monoisotopic (exact) mass is 367 g/mol. The second-order valence-electron chi connectivity index (χ2n) is 4.20. The maximum Gasteiger partial charge on any atom is 0.308 e. The molecular weight excluding hydrogens is 358 g/mol. The molecule has 0 unspecified atom stereocenters. The molecule has 0 aliphatic heterocycles. The first-order valence-corrected chi connectivity index (χ1v) is 7.17. The van der Waals surface area contributed by atoms with Crippen molar-refractivity contribution in [2.24, 2.45) is 0 Å². The van der Waals surface area contributed by atoms with Gasteiger partial charge in [0.1, 0.15) is 5.75 Å². The Bertz CT molecular complexity index is 686. The minimum Gasteiger partial charge on any atom is -0.427 e. The molecule has 1 amide bonds. The summed E-state index contributed by atoms with van der Waals surface area (Å²) in [5.41, 5.74) is 1.04. The molecule has 0 spiro atoms. The lowest BCUT2D eigenvalue weighted by atomic mass is 10.2. The third-order valence-corrected chi connectivity index (χ3v) is 3.79. The Labute approximate surface area is 135 Å². The van der Waals surface area contributed by atoms with Crippen LogP contribution >= 0.6 is 27.5 Å². The molecule has 4 nitrogen and oxygen atoms in total. The standard InChI is InChI=1S/C15H11BrClNO3/c1-9(19)21-12-5-2-10(3-6-12)15(20)18-11-4-7-13(16)14(17)8-11/h2-8H,1H3,(H,18,20). The van der Waals surface area contributed by atoms with Crippen LogP contribution in [0, 0.1) is 0 Å². The van der Waals surface area contributed by atoms with Crippen LogP contribution in [-0.2, 0) is 4.79 Å². The molecule has 2 aromatic rings. The molecule has 2 aromatic carbocycles. The number of nitrogens with one attached hydrogen (secondary N) is 1. The number of benzene rings is 2. The topological polar surface area (TPSA) is 55.4 Å². The van der Waals surface area contributed by atoms with Crippen LogP contribution in [0.5, 0.6) is 5.75 Å². The number of hydrogen-bond donors (Lipinski definition) is 1. The summed E-state index contributed by atoms with van der Waals surface area (Å²) >= 11 is 9.25. The summed E-state index contributed by atoms with van der Waals surface area (Å²) in [7, 11) is 0. The lowest BCUT2D eigenvalue weighted by Crippen LogP contribution is -2.11. The van der Waals surface area contributed by atoms with Crippen LogP contribution in [0.3, 0.4) is 0 Å². The van der Waals surface area contributed by atoms with Gasteiger partial charge in [-0.3, -0.25) is 9.59 Å². The van der Waals surface area contributed by atoms with E-state index in [-0.39, 0.29) is 5.91 Å². The van der Waals surface area contributed by atoms with Crippen molar-refractivity contribution in [1.82, 2.24) is 0 Å². The normalized spacial score (nSPS) is 10.0. The van der Waals surface area contributed by atoms with Gasteiger partial charge in [0, 0.05) is 22.6 Å². The molecule has 0 aliphatic carbocycles. The first-order chi connectivity index (χ1) is 9.95. The van der Waals surface area contributed by atoms with E-state index in [9.17, 15) is 9.59 Å². The van der Waals surface area contributed by atoms with E-state index in [1.807, 2.05) is 0 Å². The first-order valence-electron chi connectivity index (χ1n) is 6.00. The highest BCUT2D eigenvalue weighted by molar-refractivity contribution is 9.10. The molecule has 1 N–H and O–H groups in total. The smallest absolute Gasteiger partial charge is 0.308 e. The highest BCUT2D eigenvalue weighted by Crippen LogP contribution is 2.25. The van der Waals surface area contributed by atoms with E-state index in [0.29, 0.717) is 22.0 Å². The fourth-order valence-corrected chi connectivity index (χ4v) is 2.04. The Morgan fingerprint density at radius 2 is 1.81 bits per heavy atom. The zero-order valence-corrected chi connectivity index (χ0v) is 13.4. The number of anilines is 1. The minimum absolute atomic E-state index is 0.275. The zero-order chi connectivity index (χ0) is 15.4. The van der Waals surface area contributed by atoms with E-state index in [1.165, 1.54) is 6.92 Å². The van der Waals surface area contributed by atoms with Gasteiger partial charge in [0.25, 0.3) is 5.91 Å². The lowest BCUT2D eigenvalue weighted by Gasteiger charge is -2.07. The Hall–Kier alpha value is -1.85. The number of carbonyl (C=O) groups is 2. The maximum atomic E-state index is 12.1. The van der Waals surface area contributed by atoms with E-state index < -0.39 is 5.97 Å². The molecule has 0 aliphatic rings. The van der Waals surface area contributed by atoms with Crippen molar-refractivity contribution in [3.63, 3.8) is 0 Å². The predicted molar refractivity (Wildman–Crippen MR) is 84.9 cm³/mol. The van der Waals surface area contributed by atoms with Crippen molar-refractivity contribution < 1.29 is 14.3 Å². The van der Waals surface area contributed by atoms with Gasteiger partial charge in [-0.15, -0.1) is 0 Å². The molecule has 0 saturated carbocycles. The zero-order valence-electron chi connectivity index (χ0n) is 11.0. The van der Waals surface area contributed by atoms with Gasteiger partial charge in [0.2, 0.25) is 0 Å². The number of rotatable bonds is 3. The summed E-state index contributed by atoms with van der Waals surface area (Å²) in [5, 5.41) is 3.25. The summed E-state index contributed by atoms with van der Waals surface area (Å²) in [6.45, 7) is 1.32. The molecule has 108 valence electrons. The van der Waals surface area contributed by atoms with Crippen LogP contribution in [0.15, 0.2) is 46.9 Å². The first kappa shape index (κ1) is 15.5. The highest BCUT2D eigenvalue weighted by atomic mass is 79.9. The molecule has 6 heteroatoms. The Morgan fingerprint density at radius 3 is 2.38 bits per heavy atom. The molecule has 0 aromatic heterocycles. The van der Waals surface area contributed by atoms with E-state index in [2.05, 4.69) is 21.2 Å². The van der Waals surface area contributed by atoms with E-state index in [1.54, 1.807) is 42.5 Å². The van der Waals surface area contributed by atoms with Crippen LogP contribution in [0.25, 0.3) is 0 Å². The summed E-state index contributed by atoms with van der Waals surface area (Å²) in [6, 6.07) is 11.4.